The number of rotatable bonds is 4. The summed E-state index contributed by atoms with van der Waals surface area (Å²) in [4.78, 5) is 19.0. The fourth-order valence-electron chi connectivity index (χ4n) is 1.38. The summed E-state index contributed by atoms with van der Waals surface area (Å²) >= 11 is 5.72. The molecule has 92 valence electrons. The number of aromatic nitrogens is 2. The Kier molecular flexibility index (Phi) is 3.74. The van der Waals surface area contributed by atoms with E-state index in [1.807, 2.05) is 18.2 Å². The third kappa shape index (κ3) is 2.95. The maximum atomic E-state index is 10.9. The Morgan fingerprint density at radius 1 is 1.39 bits per heavy atom. The van der Waals surface area contributed by atoms with Crippen molar-refractivity contribution < 1.29 is 9.90 Å². The predicted molar refractivity (Wildman–Crippen MR) is 67.8 cm³/mol. The van der Waals surface area contributed by atoms with Gasteiger partial charge in [-0.15, -0.1) is 0 Å². The number of carboxylic acids is 1. The molecule has 0 radical (unpaired) electrons. The van der Waals surface area contributed by atoms with Gasteiger partial charge in [0, 0.05) is 12.4 Å². The van der Waals surface area contributed by atoms with Crippen molar-refractivity contribution in [2.75, 3.05) is 5.32 Å². The molecular weight excluding hydrogens is 254 g/mol. The second kappa shape index (κ2) is 5.46. The minimum absolute atomic E-state index is 0.0233. The zero-order valence-corrected chi connectivity index (χ0v) is 10.1. The number of nitrogens with one attached hydrogen (secondary N) is 1. The highest BCUT2D eigenvalue weighted by Gasteiger charge is 2.10. The van der Waals surface area contributed by atoms with E-state index in [1.165, 1.54) is 12.3 Å². The van der Waals surface area contributed by atoms with Crippen molar-refractivity contribution in [2.45, 2.75) is 6.54 Å². The fourth-order valence-corrected chi connectivity index (χ4v) is 1.57. The van der Waals surface area contributed by atoms with Crippen molar-refractivity contribution >= 4 is 23.4 Å². The number of halogens is 1. The molecule has 0 saturated heterocycles. The minimum atomic E-state index is -1.08. The van der Waals surface area contributed by atoms with Crippen LogP contribution in [0.2, 0.25) is 5.02 Å². The van der Waals surface area contributed by atoms with Crippen LogP contribution < -0.4 is 5.32 Å². The number of nitrogens with zero attached hydrogens (tertiary/aromatic N) is 2. The molecule has 5 nitrogen and oxygen atoms in total. The summed E-state index contributed by atoms with van der Waals surface area (Å²) in [7, 11) is 0. The Balaban J connectivity index is 2.11. The SMILES string of the molecule is O=C(O)c1cc(NCc2ccccn2)ncc1Cl. The van der Waals surface area contributed by atoms with Crippen LogP contribution in [0.15, 0.2) is 36.7 Å². The smallest absolute Gasteiger partial charge is 0.337 e. The van der Waals surface area contributed by atoms with Gasteiger partial charge in [-0.2, -0.15) is 0 Å². The van der Waals surface area contributed by atoms with E-state index < -0.39 is 5.97 Å². The van der Waals surface area contributed by atoms with Crippen LogP contribution in [0, 0.1) is 0 Å². The second-order valence-corrected chi connectivity index (χ2v) is 3.94. The summed E-state index contributed by atoms with van der Waals surface area (Å²) in [5.41, 5.74) is 0.862. The first-order chi connectivity index (χ1) is 8.66. The van der Waals surface area contributed by atoms with Gasteiger partial charge in [0.1, 0.15) is 5.82 Å². The molecule has 0 atom stereocenters. The zero-order chi connectivity index (χ0) is 13.0. The van der Waals surface area contributed by atoms with E-state index >= 15 is 0 Å². The summed E-state index contributed by atoms with van der Waals surface area (Å²) in [5.74, 6) is -0.634. The highest BCUT2D eigenvalue weighted by molar-refractivity contribution is 6.33. The first-order valence-electron chi connectivity index (χ1n) is 5.19. The Hall–Kier alpha value is -2.14. The number of aromatic carboxylic acids is 1. The molecule has 0 spiro atoms. The number of anilines is 1. The van der Waals surface area contributed by atoms with Gasteiger partial charge < -0.3 is 10.4 Å². The van der Waals surface area contributed by atoms with Crippen molar-refractivity contribution in [3.63, 3.8) is 0 Å². The van der Waals surface area contributed by atoms with Gasteiger partial charge in [0.25, 0.3) is 0 Å². The van der Waals surface area contributed by atoms with Crippen molar-refractivity contribution in [1.29, 1.82) is 0 Å². The van der Waals surface area contributed by atoms with Crippen LogP contribution in [-0.4, -0.2) is 21.0 Å². The molecule has 0 fully saturated rings. The van der Waals surface area contributed by atoms with Gasteiger partial charge in [-0.05, 0) is 18.2 Å². The second-order valence-electron chi connectivity index (χ2n) is 3.53. The van der Waals surface area contributed by atoms with Crippen molar-refractivity contribution in [1.82, 2.24) is 9.97 Å². The number of pyridine rings is 2. The van der Waals surface area contributed by atoms with Gasteiger partial charge in [-0.3, -0.25) is 4.98 Å². The third-order valence-corrected chi connectivity index (χ3v) is 2.56. The summed E-state index contributed by atoms with van der Waals surface area (Å²) in [6, 6.07) is 6.96. The quantitative estimate of drug-likeness (QED) is 0.886. The molecule has 2 N–H and O–H groups in total. The summed E-state index contributed by atoms with van der Waals surface area (Å²) < 4.78 is 0. The lowest BCUT2D eigenvalue weighted by Crippen LogP contribution is -2.05. The highest BCUT2D eigenvalue weighted by atomic mass is 35.5. The maximum absolute atomic E-state index is 10.9. The average Bonchev–Trinajstić information content (AvgIpc) is 2.38. The molecule has 2 aromatic rings. The first-order valence-corrected chi connectivity index (χ1v) is 5.57. The van der Waals surface area contributed by atoms with E-state index in [0.29, 0.717) is 12.4 Å². The summed E-state index contributed by atoms with van der Waals surface area (Å²) in [6.07, 6.45) is 3.00. The molecule has 0 aromatic carbocycles. The first kappa shape index (κ1) is 12.3. The molecule has 0 amide bonds. The number of carbonyl (C=O) groups is 1. The Labute approximate surface area is 108 Å². The van der Waals surface area contributed by atoms with Crippen LogP contribution in [0.5, 0.6) is 0 Å². The van der Waals surface area contributed by atoms with Gasteiger partial charge in [0.15, 0.2) is 0 Å². The Morgan fingerprint density at radius 2 is 2.22 bits per heavy atom. The summed E-state index contributed by atoms with van der Waals surface area (Å²) in [5, 5.41) is 12.0. The molecule has 0 aliphatic rings. The van der Waals surface area contributed by atoms with Crippen LogP contribution in [-0.2, 0) is 6.54 Å². The van der Waals surface area contributed by atoms with E-state index in [0.717, 1.165) is 5.69 Å². The topological polar surface area (TPSA) is 75.1 Å². The molecule has 6 heteroatoms. The highest BCUT2D eigenvalue weighted by Crippen LogP contribution is 2.18. The van der Waals surface area contributed by atoms with E-state index in [1.54, 1.807) is 6.20 Å². The molecule has 0 bridgehead atoms. The van der Waals surface area contributed by atoms with Gasteiger partial charge >= 0.3 is 5.97 Å². The largest absolute Gasteiger partial charge is 0.478 e. The molecular formula is C12H10ClN3O2. The number of carboxylic acid groups (broad SMARTS) is 1. The number of hydrogen-bond acceptors (Lipinski definition) is 4. The fraction of sp³-hybridized carbons (Fsp3) is 0.0833. The molecule has 2 aromatic heterocycles. The van der Waals surface area contributed by atoms with Crippen LogP contribution in [0.25, 0.3) is 0 Å². The van der Waals surface area contributed by atoms with Crippen LogP contribution >= 0.6 is 11.6 Å². The lowest BCUT2D eigenvalue weighted by Gasteiger charge is -2.06. The molecule has 0 unspecified atom stereocenters. The van der Waals surface area contributed by atoms with Crippen LogP contribution in [0.4, 0.5) is 5.82 Å². The van der Waals surface area contributed by atoms with E-state index in [4.69, 9.17) is 16.7 Å². The lowest BCUT2D eigenvalue weighted by molar-refractivity contribution is 0.0697. The van der Waals surface area contributed by atoms with Crippen LogP contribution in [0.3, 0.4) is 0 Å². The normalized spacial score (nSPS) is 10.1. The van der Waals surface area contributed by atoms with Gasteiger partial charge in [-0.25, -0.2) is 9.78 Å². The average molecular weight is 264 g/mol. The molecule has 18 heavy (non-hydrogen) atoms. The third-order valence-electron chi connectivity index (χ3n) is 2.26. The zero-order valence-electron chi connectivity index (χ0n) is 9.30. The molecule has 0 aliphatic carbocycles. The maximum Gasteiger partial charge on any atom is 0.337 e. The molecule has 2 heterocycles. The standard InChI is InChI=1S/C12H10ClN3O2/c13-10-7-16-11(5-9(10)12(17)18)15-6-8-3-1-2-4-14-8/h1-5,7H,6H2,(H,15,16)(H,17,18). The Morgan fingerprint density at radius 3 is 2.89 bits per heavy atom. The van der Waals surface area contributed by atoms with E-state index in [-0.39, 0.29) is 10.6 Å². The van der Waals surface area contributed by atoms with E-state index in [2.05, 4.69) is 15.3 Å². The van der Waals surface area contributed by atoms with Crippen molar-refractivity contribution in [3.05, 3.63) is 52.9 Å². The monoisotopic (exact) mass is 263 g/mol. The van der Waals surface area contributed by atoms with Crippen molar-refractivity contribution in [2.24, 2.45) is 0 Å². The van der Waals surface area contributed by atoms with Gasteiger partial charge in [0.05, 0.1) is 22.8 Å². The minimum Gasteiger partial charge on any atom is -0.478 e. The predicted octanol–water partition coefficient (Wildman–Crippen LogP) is 2.44. The van der Waals surface area contributed by atoms with Crippen molar-refractivity contribution in [3.8, 4) is 0 Å². The van der Waals surface area contributed by atoms with Crippen LogP contribution in [0.1, 0.15) is 16.1 Å². The number of hydrogen-bond donors (Lipinski definition) is 2. The van der Waals surface area contributed by atoms with Gasteiger partial charge in [0.2, 0.25) is 0 Å². The lowest BCUT2D eigenvalue weighted by atomic mass is 10.2. The molecule has 0 saturated carbocycles. The summed E-state index contributed by atoms with van der Waals surface area (Å²) in [6.45, 7) is 0.467. The van der Waals surface area contributed by atoms with E-state index in [9.17, 15) is 4.79 Å². The Bertz CT molecular complexity index is 561. The van der Waals surface area contributed by atoms with Gasteiger partial charge in [-0.1, -0.05) is 17.7 Å². The molecule has 2 rings (SSSR count). The molecule has 0 aliphatic heterocycles.